The zero-order chi connectivity index (χ0) is 13.9. The zero-order valence-electron chi connectivity index (χ0n) is 11.3. The highest BCUT2D eigenvalue weighted by Gasteiger charge is 2.09. The van der Waals surface area contributed by atoms with E-state index < -0.39 is 0 Å². The van der Waals surface area contributed by atoms with Gasteiger partial charge in [-0.1, -0.05) is 30.3 Å². The van der Waals surface area contributed by atoms with E-state index in [1.165, 1.54) is 4.90 Å². The van der Waals surface area contributed by atoms with Crippen LogP contribution < -0.4 is 5.69 Å². The molecule has 0 amide bonds. The first-order valence-electron chi connectivity index (χ1n) is 6.59. The second-order valence-electron chi connectivity index (χ2n) is 4.64. The van der Waals surface area contributed by atoms with Crippen LogP contribution >= 0.6 is 11.8 Å². The first-order chi connectivity index (χ1) is 9.77. The highest BCUT2D eigenvalue weighted by molar-refractivity contribution is 7.99. The molecule has 3 nitrogen and oxygen atoms in total. The molecule has 102 valence electrons. The first kappa shape index (κ1) is 13.1. The summed E-state index contributed by atoms with van der Waals surface area (Å²) in [4.78, 5) is 13.5. The van der Waals surface area contributed by atoms with Crippen LogP contribution in [-0.2, 0) is 13.6 Å². The number of hydrogen-bond donors (Lipinski definition) is 0. The quantitative estimate of drug-likeness (QED) is 0.688. The highest BCUT2D eigenvalue weighted by atomic mass is 32.2. The third kappa shape index (κ3) is 2.39. The summed E-state index contributed by atoms with van der Waals surface area (Å²) in [7, 11) is 1.82. The number of aromatic nitrogens is 2. The Hall–Kier alpha value is -1.94. The van der Waals surface area contributed by atoms with Crippen LogP contribution in [0.3, 0.4) is 0 Å². The topological polar surface area (TPSA) is 26.9 Å². The molecule has 0 fully saturated rings. The summed E-state index contributed by atoms with van der Waals surface area (Å²) in [6, 6.07) is 18.2. The average molecular weight is 284 g/mol. The molecule has 0 atom stereocenters. The number of aryl methyl sites for hydroxylation is 2. The summed E-state index contributed by atoms with van der Waals surface area (Å²) in [5, 5.41) is 0. The summed E-state index contributed by atoms with van der Waals surface area (Å²) >= 11 is 1.77. The number of fused-ring (bicyclic) bond motifs is 1. The van der Waals surface area contributed by atoms with E-state index in [9.17, 15) is 4.79 Å². The van der Waals surface area contributed by atoms with Crippen molar-refractivity contribution in [3.8, 4) is 0 Å². The van der Waals surface area contributed by atoms with Gasteiger partial charge in [-0.2, -0.15) is 0 Å². The second kappa shape index (κ2) is 5.59. The fraction of sp³-hybridized carbons (Fsp3) is 0.188. The number of benzene rings is 2. The van der Waals surface area contributed by atoms with Gasteiger partial charge in [0, 0.05) is 24.2 Å². The maximum Gasteiger partial charge on any atom is 0.328 e. The van der Waals surface area contributed by atoms with Crippen molar-refractivity contribution in [1.29, 1.82) is 0 Å². The fourth-order valence-corrected chi connectivity index (χ4v) is 3.21. The maximum absolute atomic E-state index is 12.2. The van der Waals surface area contributed by atoms with E-state index in [2.05, 4.69) is 12.1 Å². The minimum atomic E-state index is 0.0554. The number of thioether (sulfide) groups is 1. The molecule has 0 aliphatic heterocycles. The Bertz CT molecular complexity index is 774. The van der Waals surface area contributed by atoms with Gasteiger partial charge < -0.3 is 0 Å². The number of nitrogens with zero attached hydrogens (tertiary/aromatic N) is 2. The number of para-hydroxylation sites is 2. The molecule has 0 bridgehead atoms. The standard InChI is InChI=1S/C16H16N2OS/c1-17-14-9-5-6-10-15(14)18(16(17)19)11-12-20-13-7-3-2-4-8-13/h2-10H,11-12H2,1H3. The smallest absolute Gasteiger partial charge is 0.295 e. The Morgan fingerprint density at radius 3 is 2.35 bits per heavy atom. The molecule has 0 radical (unpaired) electrons. The number of hydrogen-bond acceptors (Lipinski definition) is 2. The van der Waals surface area contributed by atoms with Gasteiger partial charge in [0.05, 0.1) is 11.0 Å². The Balaban J connectivity index is 1.81. The Labute approximate surface area is 121 Å². The van der Waals surface area contributed by atoms with Crippen LogP contribution in [0.2, 0.25) is 0 Å². The summed E-state index contributed by atoms with van der Waals surface area (Å²) < 4.78 is 3.56. The molecule has 0 aliphatic carbocycles. The minimum absolute atomic E-state index is 0.0554. The van der Waals surface area contributed by atoms with Gasteiger partial charge in [0.2, 0.25) is 0 Å². The van der Waals surface area contributed by atoms with Crippen LogP contribution in [0, 0.1) is 0 Å². The molecule has 0 spiro atoms. The monoisotopic (exact) mass is 284 g/mol. The van der Waals surface area contributed by atoms with Gasteiger partial charge in [0.1, 0.15) is 0 Å². The van der Waals surface area contributed by atoms with Crippen LogP contribution in [0.1, 0.15) is 0 Å². The summed E-state index contributed by atoms with van der Waals surface area (Å²) in [6.45, 7) is 0.722. The molecule has 4 heteroatoms. The maximum atomic E-state index is 12.2. The Kier molecular flexibility index (Phi) is 3.65. The van der Waals surface area contributed by atoms with Gasteiger partial charge in [0.25, 0.3) is 0 Å². The molecule has 1 heterocycles. The molecule has 0 unspecified atom stereocenters. The number of rotatable bonds is 4. The van der Waals surface area contributed by atoms with Crippen molar-refractivity contribution in [2.45, 2.75) is 11.4 Å². The van der Waals surface area contributed by atoms with Gasteiger partial charge >= 0.3 is 5.69 Å². The van der Waals surface area contributed by atoms with Crippen molar-refractivity contribution in [2.24, 2.45) is 7.05 Å². The molecular formula is C16H16N2OS. The molecule has 0 N–H and O–H groups in total. The summed E-state index contributed by atoms with van der Waals surface area (Å²) in [5.74, 6) is 0.887. The van der Waals surface area contributed by atoms with E-state index in [0.29, 0.717) is 0 Å². The Morgan fingerprint density at radius 2 is 1.60 bits per heavy atom. The van der Waals surface area contributed by atoms with Gasteiger partial charge in [-0.3, -0.25) is 9.13 Å². The van der Waals surface area contributed by atoms with E-state index >= 15 is 0 Å². The number of imidazole rings is 1. The van der Waals surface area contributed by atoms with Crippen molar-refractivity contribution < 1.29 is 0 Å². The van der Waals surface area contributed by atoms with E-state index in [0.717, 1.165) is 23.3 Å². The molecule has 0 saturated heterocycles. The molecule has 20 heavy (non-hydrogen) atoms. The zero-order valence-corrected chi connectivity index (χ0v) is 12.1. The van der Waals surface area contributed by atoms with Crippen molar-refractivity contribution >= 4 is 22.8 Å². The van der Waals surface area contributed by atoms with Crippen LogP contribution in [0.5, 0.6) is 0 Å². The fourth-order valence-electron chi connectivity index (χ4n) is 2.35. The second-order valence-corrected chi connectivity index (χ2v) is 5.81. The van der Waals surface area contributed by atoms with Gasteiger partial charge in [0.15, 0.2) is 0 Å². The van der Waals surface area contributed by atoms with E-state index in [1.807, 2.05) is 54.1 Å². The van der Waals surface area contributed by atoms with E-state index in [-0.39, 0.29) is 5.69 Å². The molecule has 1 aromatic heterocycles. The van der Waals surface area contributed by atoms with Crippen LogP contribution in [0.25, 0.3) is 11.0 Å². The van der Waals surface area contributed by atoms with Crippen molar-refractivity contribution in [3.05, 3.63) is 65.1 Å². The molecule has 0 aliphatic rings. The Morgan fingerprint density at radius 1 is 0.950 bits per heavy atom. The minimum Gasteiger partial charge on any atom is -0.295 e. The van der Waals surface area contributed by atoms with Crippen LogP contribution in [-0.4, -0.2) is 14.9 Å². The third-order valence-electron chi connectivity index (χ3n) is 3.38. The average Bonchev–Trinajstić information content (AvgIpc) is 2.74. The molecular weight excluding hydrogens is 268 g/mol. The van der Waals surface area contributed by atoms with Crippen molar-refractivity contribution in [3.63, 3.8) is 0 Å². The molecule has 3 aromatic rings. The van der Waals surface area contributed by atoms with Gasteiger partial charge in [-0.05, 0) is 24.3 Å². The molecule has 3 rings (SSSR count). The lowest BCUT2D eigenvalue weighted by Crippen LogP contribution is -2.23. The normalized spacial score (nSPS) is 11.1. The van der Waals surface area contributed by atoms with E-state index in [1.54, 1.807) is 16.3 Å². The molecule has 0 saturated carbocycles. The highest BCUT2D eigenvalue weighted by Crippen LogP contribution is 2.18. The van der Waals surface area contributed by atoms with Crippen LogP contribution in [0.4, 0.5) is 0 Å². The van der Waals surface area contributed by atoms with Crippen molar-refractivity contribution in [1.82, 2.24) is 9.13 Å². The lowest BCUT2D eigenvalue weighted by molar-refractivity contribution is 0.718. The van der Waals surface area contributed by atoms with Gasteiger partial charge in [-0.15, -0.1) is 11.8 Å². The third-order valence-corrected chi connectivity index (χ3v) is 4.37. The molecule has 2 aromatic carbocycles. The van der Waals surface area contributed by atoms with Crippen LogP contribution in [0.15, 0.2) is 64.3 Å². The largest absolute Gasteiger partial charge is 0.328 e. The van der Waals surface area contributed by atoms with E-state index in [4.69, 9.17) is 0 Å². The summed E-state index contributed by atoms with van der Waals surface area (Å²) in [5.41, 5.74) is 2.05. The van der Waals surface area contributed by atoms with Gasteiger partial charge in [-0.25, -0.2) is 4.79 Å². The lowest BCUT2D eigenvalue weighted by atomic mass is 10.3. The predicted molar refractivity (Wildman–Crippen MR) is 84.3 cm³/mol. The first-order valence-corrected chi connectivity index (χ1v) is 7.58. The SMILES string of the molecule is Cn1c(=O)n(CCSc2ccccc2)c2ccccc21. The van der Waals surface area contributed by atoms with Crippen molar-refractivity contribution in [2.75, 3.05) is 5.75 Å². The summed E-state index contributed by atoms with van der Waals surface area (Å²) in [6.07, 6.45) is 0. The lowest BCUT2D eigenvalue weighted by Gasteiger charge is -2.03. The predicted octanol–water partition coefficient (Wildman–Crippen LogP) is 3.13.